The van der Waals surface area contributed by atoms with Crippen molar-refractivity contribution in [1.82, 2.24) is 0 Å². The van der Waals surface area contributed by atoms with Gasteiger partial charge < -0.3 is 13.7 Å². The maximum atomic E-state index is 7.08. The summed E-state index contributed by atoms with van der Waals surface area (Å²) in [5.41, 5.74) is 1.31. The van der Waals surface area contributed by atoms with Crippen molar-refractivity contribution in [1.29, 1.82) is 0 Å². The molecule has 0 spiro atoms. The molecule has 3 saturated carbocycles. The standard InChI is InChI=1S/C31H45BO3Si2/c1-22(32-33-28-21-24-20-27(30(24,3)4)31(28,5)35-32)29(36(6,7)25-16-12-10-13-17-25)23(2)34-37(8,9)26-18-14-11-15-19-26/h10-19,23-24,27-29H,1,20-21H2,2-9H3/t23-,24-,27-,28+,29-,31-/m1/s1. The number of hydrogen-bond donors (Lipinski definition) is 0. The Kier molecular flexibility index (Phi) is 6.85. The number of benzene rings is 2. The second-order valence-electron chi connectivity index (χ2n) is 13.6. The maximum Gasteiger partial charge on any atom is 0.489 e. The molecule has 0 radical (unpaired) electrons. The van der Waals surface area contributed by atoms with Crippen molar-refractivity contribution in [3.05, 3.63) is 72.7 Å². The monoisotopic (exact) mass is 532 g/mol. The van der Waals surface area contributed by atoms with Crippen LogP contribution in [0.3, 0.4) is 0 Å². The van der Waals surface area contributed by atoms with Gasteiger partial charge in [0.25, 0.3) is 0 Å². The van der Waals surface area contributed by atoms with Crippen molar-refractivity contribution in [2.24, 2.45) is 17.3 Å². The van der Waals surface area contributed by atoms with Gasteiger partial charge in [0.15, 0.2) is 0 Å². The fourth-order valence-corrected chi connectivity index (χ4v) is 14.1. The fraction of sp³-hybridized carbons (Fsp3) is 0.548. The molecule has 198 valence electrons. The van der Waals surface area contributed by atoms with Crippen molar-refractivity contribution in [2.45, 2.75) is 90.1 Å². The molecular formula is C31H45BO3Si2. The third-order valence-electron chi connectivity index (χ3n) is 10.4. The topological polar surface area (TPSA) is 27.7 Å². The van der Waals surface area contributed by atoms with Gasteiger partial charge >= 0.3 is 7.12 Å². The average Bonchev–Trinajstić information content (AvgIpc) is 3.22. The average molecular weight is 533 g/mol. The SMILES string of the molecule is C=C(B1O[C@H]2C[C@H]3C[C@H](C3(C)C)[C@@]2(C)O1)[C@H]([C@@H](C)O[Si](C)(C)c1ccccc1)[Si](C)(C)c1ccccc1. The van der Waals surface area contributed by atoms with E-state index in [-0.39, 0.29) is 30.5 Å². The Morgan fingerprint density at radius 2 is 1.51 bits per heavy atom. The highest BCUT2D eigenvalue weighted by molar-refractivity contribution is 6.92. The summed E-state index contributed by atoms with van der Waals surface area (Å²) in [6, 6.07) is 21.7. The van der Waals surface area contributed by atoms with E-state index in [1.54, 1.807) is 0 Å². The lowest BCUT2D eigenvalue weighted by atomic mass is 9.43. The summed E-state index contributed by atoms with van der Waals surface area (Å²) in [4.78, 5) is 0. The van der Waals surface area contributed by atoms with Crippen molar-refractivity contribution in [2.75, 3.05) is 0 Å². The molecule has 1 saturated heterocycles. The first-order valence-electron chi connectivity index (χ1n) is 14.1. The molecule has 0 N–H and O–H groups in total. The molecule has 0 amide bonds. The second-order valence-corrected chi connectivity index (χ2v) is 22.1. The molecule has 3 aliphatic carbocycles. The van der Waals surface area contributed by atoms with Gasteiger partial charge in [-0.2, -0.15) is 0 Å². The van der Waals surface area contributed by atoms with Crippen LogP contribution >= 0.6 is 0 Å². The highest BCUT2D eigenvalue weighted by atomic mass is 28.4. The summed E-state index contributed by atoms with van der Waals surface area (Å²) >= 11 is 0. The highest BCUT2D eigenvalue weighted by Crippen LogP contribution is 2.66. The molecule has 1 aliphatic heterocycles. The molecule has 2 aromatic rings. The summed E-state index contributed by atoms with van der Waals surface area (Å²) in [5, 5.41) is 2.74. The van der Waals surface area contributed by atoms with Gasteiger partial charge in [-0.05, 0) is 67.7 Å². The van der Waals surface area contributed by atoms with Gasteiger partial charge in [0.1, 0.15) is 0 Å². The second kappa shape index (κ2) is 9.34. The minimum absolute atomic E-state index is 0.00370. The summed E-state index contributed by atoms with van der Waals surface area (Å²) < 4.78 is 20.8. The maximum absolute atomic E-state index is 7.08. The molecule has 0 unspecified atom stereocenters. The highest BCUT2D eigenvalue weighted by Gasteiger charge is 2.68. The van der Waals surface area contributed by atoms with E-state index < -0.39 is 16.4 Å². The van der Waals surface area contributed by atoms with E-state index in [0.717, 1.165) is 17.8 Å². The van der Waals surface area contributed by atoms with Gasteiger partial charge in [0, 0.05) is 11.6 Å². The van der Waals surface area contributed by atoms with Crippen LogP contribution in [0.5, 0.6) is 0 Å². The lowest BCUT2D eigenvalue weighted by Crippen LogP contribution is -2.65. The first-order chi connectivity index (χ1) is 17.3. The largest absolute Gasteiger partial charge is 0.489 e. The van der Waals surface area contributed by atoms with Crippen LogP contribution in [-0.2, 0) is 13.7 Å². The molecule has 6 atom stereocenters. The summed E-state index contributed by atoms with van der Waals surface area (Å²) in [6.45, 7) is 23.7. The first-order valence-corrected chi connectivity index (χ1v) is 20.1. The zero-order valence-electron chi connectivity index (χ0n) is 24.1. The molecule has 4 fully saturated rings. The van der Waals surface area contributed by atoms with Gasteiger partial charge in [-0.15, -0.1) is 6.58 Å². The normalized spacial score (nSPS) is 30.3. The summed E-state index contributed by atoms with van der Waals surface area (Å²) in [6.07, 6.45) is 2.50. The molecule has 37 heavy (non-hydrogen) atoms. The van der Waals surface area contributed by atoms with E-state index >= 15 is 0 Å². The Labute approximate surface area is 227 Å². The van der Waals surface area contributed by atoms with Crippen LogP contribution in [0.15, 0.2) is 72.7 Å². The molecule has 1 heterocycles. The minimum Gasteiger partial charge on any atom is -0.410 e. The zero-order chi connectivity index (χ0) is 26.8. The van der Waals surface area contributed by atoms with Gasteiger partial charge in [0.05, 0.1) is 19.8 Å². The summed E-state index contributed by atoms with van der Waals surface area (Å²) in [7, 11) is -4.59. The van der Waals surface area contributed by atoms with E-state index in [1.807, 2.05) is 0 Å². The first kappa shape index (κ1) is 27.1. The van der Waals surface area contributed by atoms with Gasteiger partial charge in [-0.3, -0.25) is 0 Å². The molecule has 2 bridgehead atoms. The smallest absolute Gasteiger partial charge is 0.410 e. The lowest BCUT2D eigenvalue weighted by molar-refractivity contribution is -0.199. The molecule has 4 aliphatic rings. The van der Waals surface area contributed by atoms with Gasteiger partial charge in [-0.25, -0.2) is 0 Å². The van der Waals surface area contributed by atoms with Crippen molar-refractivity contribution >= 4 is 33.9 Å². The van der Waals surface area contributed by atoms with Gasteiger partial charge in [0.2, 0.25) is 8.32 Å². The number of hydrogen-bond acceptors (Lipinski definition) is 3. The van der Waals surface area contributed by atoms with E-state index in [2.05, 4.69) is 115 Å². The molecule has 6 heteroatoms. The van der Waals surface area contributed by atoms with Crippen LogP contribution in [0.4, 0.5) is 0 Å². The Hall–Kier alpha value is -1.44. The lowest BCUT2D eigenvalue weighted by Gasteiger charge is -2.64. The van der Waals surface area contributed by atoms with E-state index in [4.69, 9.17) is 20.3 Å². The zero-order valence-corrected chi connectivity index (χ0v) is 26.1. The summed E-state index contributed by atoms with van der Waals surface area (Å²) in [5.74, 6) is 1.27. The Balaban J connectivity index is 1.46. The Morgan fingerprint density at radius 3 is 2.08 bits per heavy atom. The van der Waals surface area contributed by atoms with E-state index in [1.165, 1.54) is 16.8 Å². The van der Waals surface area contributed by atoms with Gasteiger partial charge in [-0.1, -0.05) is 92.8 Å². The quantitative estimate of drug-likeness (QED) is 0.373. The van der Waals surface area contributed by atoms with E-state index in [0.29, 0.717) is 11.3 Å². The predicted octanol–water partition coefficient (Wildman–Crippen LogP) is 6.31. The Morgan fingerprint density at radius 1 is 0.946 bits per heavy atom. The predicted molar refractivity (Wildman–Crippen MR) is 161 cm³/mol. The van der Waals surface area contributed by atoms with E-state index in [9.17, 15) is 0 Å². The molecule has 2 aromatic carbocycles. The third-order valence-corrected chi connectivity index (χ3v) is 17.3. The van der Waals surface area contributed by atoms with Crippen LogP contribution in [0.1, 0.15) is 40.5 Å². The van der Waals surface area contributed by atoms with Crippen LogP contribution in [0.25, 0.3) is 0 Å². The molecule has 3 nitrogen and oxygen atoms in total. The van der Waals surface area contributed by atoms with Crippen LogP contribution in [-0.4, -0.2) is 41.3 Å². The molecular weight excluding hydrogens is 487 g/mol. The van der Waals surface area contributed by atoms with Crippen LogP contribution in [0.2, 0.25) is 31.7 Å². The van der Waals surface area contributed by atoms with Crippen LogP contribution < -0.4 is 10.4 Å². The van der Waals surface area contributed by atoms with Crippen molar-refractivity contribution < 1.29 is 13.7 Å². The third kappa shape index (κ3) is 4.47. The molecule has 0 aromatic heterocycles. The van der Waals surface area contributed by atoms with Crippen molar-refractivity contribution in [3.8, 4) is 0 Å². The fourth-order valence-electron chi connectivity index (χ4n) is 8.01. The number of rotatable bonds is 8. The van der Waals surface area contributed by atoms with Crippen LogP contribution in [0, 0.1) is 17.3 Å². The molecule has 6 rings (SSSR count). The Bertz CT molecular complexity index is 1140. The van der Waals surface area contributed by atoms with Crippen molar-refractivity contribution in [3.63, 3.8) is 0 Å². The minimum atomic E-state index is -2.14.